The molecule has 2 heterocycles. The van der Waals surface area contributed by atoms with Crippen LogP contribution in [0.25, 0.3) is 0 Å². The number of nitrogens with two attached hydrogens (primary N) is 1. The number of halogens is 1. The lowest BCUT2D eigenvalue weighted by atomic mass is 10.1. The number of pyridine rings is 1. The zero-order chi connectivity index (χ0) is 15.8. The first-order chi connectivity index (χ1) is 10.6. The highest BCUT2D eigenvalue weighted by Gasteiger charge is 2.12. The SMILES string of the molecule is CC(C)CCNC(N)=NCc1ccnc(N2CCCCC2)c1.I. The van der Waals surface area contributed by atoms with Gasteiger partial charge in [0, 0.05) is 25.8 Å². The van der Waals surface area contributed by atoms with E-state index in [2.05, 4.69) is 40.1 Å². The molecule has 0 bridgehead atoms. The second-order valence-corrected chi connectivity index (χ2v) is 6.38. The minimum absolute atomic E-state index is 0. The fourth-order valence-corrected chi connectivity index (χ4v) is 2.58. The highest BCUT2D eigenvalue weighted by Crippen LogP contribution is 2.18. The maximum atomic E-state index is 5.90. The van der Waals surface area contributed by atoms with Gasteiger partial charge in [-0.15, -0.1) is 24.0 Å². The van der Waals surface area contributed by atoms with E-state index in [0.29, 0.717) is 18.4 Å². The Morgan fingerprint density at radius 1 is 1.35 bits per heavy atom. The molecule has 2 rings (SSSR count). The number of aromatic nitrogens is 1. The summed E-state index contributed by atoms with van der Waals surface area (Å²) >= 11 is 0. The van der Waals surface area contributed by atoms with Crippen molar-refractivity contribution in [2.45, 2.75) is 46.1 Å². The van der Waals surface area contributed by atoms with E-state index in [9.17, 15) is 0 Å². The maximum absolute atomic E-state index is 5.90. The fraction of sp³-hybridized carbons (Fsp3) is 0.647. The Bertz CT molecular complexity index is 484. The summed E-state index contributed by atoms with van der Waals surface area (Å²) in [4.78, 5) is 11.3. The van der Waals surface area contributed by atoms with Crippen LogP contribution in [0.15, 0.2) is 23.3 Å². The van der Waals surface area contributed by atoms with Crippen LogP contribution in [0.5, 0.6) is 0 Å². The minimum atomic E-state index is 0. The fourth-order valence-electron chi connectivity index (χ4n) is 2.58. The summed E-state index contributed by atoms with van der Waals surface area (Å²) in [6, 6.07) is 4.15. The molecule has 0 unspecified atom stereocenters. The van der Waals surface area contributed by atoms with Crippen molar-refractivity contribution in [3.63, 3.8) is 0 Å². The first-order valence-corrected chi connectivity index (χ1v) is 8.39. The van der Waals surface area contributed by atoms with Gasteiger partial charge in [0.05, 0.1) is 6.54 Å². The van der Waals surface area contributed by atoms with Crippen molar-refractivity contribution in [3.8, 4) is 0 Å². The summed E-state index contributed by atoms with van der Waals surface area (Å²) in [5, 5.41) is 3.16. The van der Waals surface area contributed by atoms with E-state index in [-0.39, 0.29) is 24.0 Å². The number of rotatable bonds is 6. The van der Waals surface area contributed by atoms with E-state index < -0.39 is 0 Å². The summed E-state index contributed by atoms with van der Waals surface area (Å²) in [6.45, 7) is 8.10. The molecule has 0 aromatic carbocycles. The number of nitrogens with one attached hydrogen (secondary N) is 1. The molecule has 23 heavy (non-hydrogen) atoms. The summed E-state index contributed by atoms with van der Waals surface area (Å²) in [5.41, 5.74) is 7.06. The largest absolute Gasteiger partial charge is 0.370 e. The first kappa shape index (κ1) is 20.0. The molecule has 1 aliphatic rings. The summed E-state index contributed by atoms with van der Waals surface area (Å²) in [7, 11) is 0. The van der Waals surface area contributed by atoms with Crippen LogP contribution >= 0.6 is 24.0 Å². The van der Waals surface area contributed by atoms with Gasteiger partial charge in [0.1, 0.15) is 5.82 Å². The van der Waals surface area contributed by atoms with Gasteiger partial charge < -0.3 is 16.0 Å². The highest BCUT2D eigenvalue weighted by atomic mass is 127. The Balaban J connectivity index is 0.00000264. The molecule has 1 fully saturated rings. The third-order valence-electron chi connectivity index (χ3n) is 3.95. The molecular weight excluding hydrogens is 401 g/mol. The molecule has 130 valence electrons. The van der Waals surface area contributed by atoms with Crippen LogP contribution in [0.3, 0.4) is 0 Å². The number of hydrogen-bond acceptors (Lipinski definition) is 3. The van der Waals surface area contributed by atoms with Crippen LogP contribution in [0.4, 0.5) is 5.82 Å². The van der Waals surface area contributed by atoms with Crippen LogP contribution in [-0.4, -0.2) is 30.6 Å². The second-order valence-electron chi connectivity index (χ2n) is 6.38. The van der Waals surface area contributed by atoms with Crippen LogP contribution in [0.1, 0.15) is 45.1 Å². The summed E-state index contributed by atoms with van der Waals surface area (Å²) in [5.74, 6) is 2.27. The third kappa shape index (κ3) is 7.37. The molecule has 0 saturated carbocycles. The topological polar surface area (TPSA) is 66.5 Å². The zero-order valence-corrected chi connectivity index (χ0v) is 16.6. The van der Waals surface area contributed by atoms with E-state index in [4.69, 9.17) is 5.73 Å². The lowest BCUT2D eigenvalue weighted by Gasteiger charge is -2.27. The van der Waals surface area contributed by atoms with Gasteiger partial charge in [0.15, 0.2) is 5.96 Å². The summed E-state index contributed by atoms with van der Waals surface area (Å²) in [6.07, 6.45) is 6.83. The predicted octanol–water partition coefficient (Wildman–Crippen LogP) is 3.14. The molecule has 1 aliphatic heterocycles. The molecular formula is C17H30IN5. The van der Waals surface area contributed by atoms with Crippen molar-refractivity contribution in [3.05, 3.63) is 23.9 Å². The van der Waals surface area contributed by atoms with E-state index in [1.54, 1.807) is 0 Å². The molecule has 1 aromatic heterocycles. The number of hydrogen-bond donors (Lipinski definition) is 2. The lowest BCUT2D eigenvalue weighted by Crippen LogP contribution is -2.33. The highest BCUT2D eigenvalue weighted by molar-refractivity contribution is 14.0. The van der Waals surface area contributed by atoms with Crippen LogP contribution in [0, 0.1) is 5.92 Å². The van der Waals surface area contributed by atoms with Gasteiger partial charge in [-0.3, -0.25) is 0 Å². The van der Waals surface area contributed by atoms with Crippen molar-refractivity contribution in [1.82, 2.24) is 10.3 Å². The predicted molar refractivity (Wildman–Crippen MR) is 109 cm³/mol. The van der Waals surface area contributed by atoms with Crippen molar-refractivity contribution < 1.29 is 0 Å². The van der Waals surface area contributed by atoms with Crippen molar-refractivity contribution >= 4 is 35.8 Å². The minimum Gasteiger partial charge on any atom is -0.370 e. The van der Waals surface area contributed by atoms with Gasteiger partial charge in [-0.05, 0) is 49.3 Å². The average molecular weight is 431 g/mol. The number of aliphatic imine (C=N–C) groups is 1. The van der Waals surface area contributed by atoms with E-state index in [1.165, 1.54) is 19.3 Å². The zero-order valence-electron chi connectivity index (χ0n) is 14.3. The lowest BCUT2D eigenvalue weighted by molar-refractivity contribution is 0.573. The van der Waals surface area contributed by atoms with Gasteiger partial charge >= 0.3 is 0 Å². The van der Waals surface area contributed by atoms with Crippen molar-refractivity contribution in [2.75, 3.05) is 24.5 Å². The normalized spacial score (nSPS) is 15.4. The average Bonchev–Trinajstić information content (AvgIpc) is 2.54. The Hall–Kier alpha value is -1.05. The van der Waals surface area contributed by atoms with Crippen LogP contribution < -0.4 is 16.0 Å². The molecule has 0 spiro atoms. The molecule has 0 radical (unpaired) electrons. The molecule has 0 atom stereocenters. The molecule has 3 N–H and O–H groups in total. The molecule has 0 amide bonds. The smallest absolute Gasteiger partial charge is 0.188 e. The van der Waals surface area contributed by atoms with Gasteiger partial charge in [-0.1, -0.05) is 13.8 Å². The summed E-state index contributed by atoms with van der Waals surface area (Å²) < 4.78 is 0. The molecule has 1 saturated heterocycles. The Morgan fingerprint density at radius 2 is 2.09 bits per heavy atom. The van der Waals surface area contributed by atoms with Crippen LogP contribution in [0.2, 0.25) is 0 Å². The number of nitrogens with zero attached hydrogens (tertiary/aromatic N) is 3. The van der Waals surface area contributed by atoms with Gasteiger partial charge in [0.25, 0.3) is 0 Å². The Kier molecular flexibility index (Phi) is 9.28. The molecule has 0 aliphatic carbocycles. The molecule has 6 heteroatoms. The molecule has 5 nitrogen and oxygen atoms in total. The van der Waals surface area contributed by atoms with E-state index in [0.717, 1.165) is 37.4 Å². The monoisotopic (exact) mass is 431 g/mol. The standard InChI is InChI=1S/C17H29N5.HI/c1-14(2)6-8-20-17(18)21-13-15-7-9-19-16(12-15)22-10-4-3-5-11-22;/h7,9,12,14H,3-6,8,10-11,13H2,1-2H3,(H3,18,20,21);1H. The Morgan fingerprint density at radius 3 is 2.78 bits per heavy atom. The number of guanidine groups is 1. The van der Waals surface area contributed by atoms with Crippen molar-refractivity contribution in [1.29, 1.82) is 0 Å². The van der Waals surface area contributed by atoms with Gasteiger partial charge in [0.2, 0.25) is 0 Å². The third-order valence-corrected chi connectivity index (χ3v) is 3.95. The van der Waals surface area contributed by atoms with Crippen LogP contribution in [-0.2, 0) is 6.54 Å². The van der Waals surface area contributed by atoms with Gasteiger partial charge in [-0.25, -0.2) is 9.98 Å². The quantitative estimate of drug-likeness (QED) is 0.413. The Labute approximate surface area is 157 Å². The number of anilines is 1. The van der Waals surface area contributed by atoms with E-state index >= 15 is 0 Å². The van der Waals surface area contributed by atoms with E-state index in [1.807, 2.05) is 12.3 Å². The number of piperidine rings is 1. The second kappa shape index (κ2) is 10.7. The van der Waals surface area contributed by atoms with Gasteiger partial charge in [-0.2, -0.15) is 0 Å². The van der Waals surface area contributed by atoms with Crippen molar-refractivity contribution in [2.24, 2.45) is 16.6 Å². The molecule has 1 aromatic rings. The first-order valence-electron chi connectivity index (χ1n) is 8.39. The maximum Gasteiger partial charge on any atom is 0.188 e.